The van der Waals surface area contributed by atoms with Crippen molar-refractivity contribution < 1.29 is 14.6 Å². The lowest BCUT2D eigenvalue weighted by Crippen LogP contribution is -2.45. The number of rotatable bonds is 5. The number of fused-ring (bicyclic) bond motifs is 1. The van der Waals surface area contributed by atoms with Gasteiger partial charge in [-0.25, -0.2) is 0 Å². The topological polar surface area (TPSA) is 54.7 Å². The van der Waals surface area contributed by atoms with Crippen molar-refractivity contribution >= 4 is 16.8 Å². The summed E-state index contributed by atoms with van der Waals surface area (Å²) in [6.45, 7) is 7.79. The van der Waals surface area contributed by atoms with Gasteiger partial charge in [0.1, 0.15) is 5.75 Å². The van der Waals surface area contributed by atoms with E-state index in [2.05, 4.69) is 0 Å². The maximum atomic E-state index is 12.6. The third kappa shape index (κ3) is 2.95. The fraction of sp³-hybridized carbons (Fsp3) is 0.471. The molecular weight excluding hydrogens is 280 g/mol. The van der Waals surface area contributed by atoms with Gasteiger partial charge >= 0.3 is 0 Å². The van der Waals surface area contributed by atoms with E-state index in [1.807, 2.05) is 52.0 Å². The first-order valence-electron chi connectivity index (χ1n) is 7.51. The molecule has 2 rings (SSSR count). The molecule has 0 saturated heterocycles. The average Bonchev–Trinajstić information content (AvgIpc) is 2.88. The van der Waals surface area contributed by atoms with Crippen molar-refractivity contribution in [2.45, 2.75) is 46.0 Å². The predicted molar refractivity (Wildman–Crippen MR) is 86.9 cm³/mol. The zero-order valence-electron chi connectivity index (χ0n) is 13.8. The number of methoxy groups -OCH3 is 1. The molecule has 1 heterocycles. The van der Waals surface area contributed by atoms with Gasteiger partial charge in [-0.05, 0) is 52.0 Å². The summed E-state index contributed by atoms with van der Waals surface area (Å²) in [5.74, 6) is 0.454. The summed E-state index contributed by atoms with van der Waals surface area (Å²) in [4.78, 5) is 14.3. The lowest BCUT2D eigenvalue weighted by Gasteiger charge is -2.32. The van der Waals surface area contributed by atoms with E-state index in [9.17, 15) is 9.90 Å². The van der Waals surface area contributed by atoms with Crippen LogP contribution in [0.25, 0.3) is 10.9 Å². The minimum Gasteiger partial charge on any atom is -0.497 e. The highest BCUT2D eigenvalue weighted by Gasteiger charge is 2.28. The highest BCUT2D eigenvalue weighted by atomic mass is 16.5. The number of carbonyl (C=O) groups excluding carboxylic acids is 1. The van der Waals surface area contributed by atoms with Crippen LogP contribution in [0.3, 0.4) is 0 Å². The van der Waals surface area contributed by atoms with E-state index in [1.165, 1.54) is 0 Å². The molecule has 22 heavy (non-hydrogen) atoms. The van der Waals surface area contributed by atoms with Crippen LogP contribution in [-0.2, 0) is 4.79 Å². The molecule has 1 aromatic carbocycles. The van der Waals surface area contributed by atoms with E-state index in [-0.39, 0.29) is 18.0 Å². The first-order valence-corrected chi connectivity index (χ1v) is 7.51. The zero-order valence-corrected chi connectivity index (χ0v) is 13.8. The third-order valence-electron chi connectivity index (χ3n) is 3.78. The smallest absolute Gasteiger partial charge is 0.273 e. The monoisotopic (exact) mass is 304 g/mol. The molecule has 0 fully saturated rings. The standard InChI is InChI=1S/C17H24N2O3/c1-11(2)19(12(3)4)17(21)16(20)18-9-8-13-10-14(22-5)6-7-15(13)18/h6-12,16,20H,1-5H3. The number of aliphatic hydroxyl groups excluding tert-OH is 1. The molecule has 0 saturated carbocycles. The van der Waals surface area contributed by atoms with Crippen molar-refractivity contribution in [3.8, 4) is 5.75 Å². The largest absolute Gasteiger partial charge is 0.497 e. The van der Waals surface area contributed by atoms with Gasteiger partial charge in [0, 0.05) is 23.7 Å². The summed E-state index contributed by atoms with van der Waals surface area (Å²) in [6, 6.07) is 7.47. The van der Waals surface area contributed by atoms with Crippen molar-refractivity contribution in [1.29, 1.82) is 0 Å². The second-order valence-corrected chi connectivity index (χ2v) is 5.95. The quantitative estimate of drug-likeness (QED) is 0.924. The zero-order chi connectivity index (χ0) is 16.4. The first-order chi connectivity index (χ1) is 10.4. The predicted octanol–water partition coefficient (Wildman–Crippen LogP) is 2.79. The highest BCUT2D eigenvalue weighted by molar-refractivity contribution is 5.86. The van der Waals surface area contributed by atoms with Crippen LogP contribution in [0.5, 0.6) is 5.75 Å². The van der Waals surface area contributed by atoms with Gasteiger partial charge < -0.3 is 19.3 Å². The number of ether oxygens (including phenoxy) is 1. The van der Waals surface area contributed by atoms with Crippen LogP contribution >= 0.6 is 0 Å². The Labute approximate surface area is 131 Å². The molecule has 0 aliphatic heterocycles. The molecule has 1 N–H and O–H groups in total. The summed E-state index contributed by atoms with van der Waals surface area (Å²) >= 11 is 0. The van der Waals surface area contributed by atoms with Gasteiger partial charge in [-0.1, -0.05) is 0 Å². The molecule has 0 spiro atoms. The number of hydrogen-bond donors (Lipinski definition) is 1. The second-order valence-electron chi connectivity index (χ2n) is 5.95. The summed E-state index contributed by atoms with van der Waals surface area (Å²) in [7, 11) is 1.61. The molecule has 2 aromatic rings. The fourth-order valence-corrected chi connectivity index (χ4v) is 2.84. The first kappa shape index (κ1) is 16.4. The van der Waals surface area contributed by atoms with Gasteiger partial charge in [0.05, 0.1) is 12.6 Å². The number of nitrogens with zero attached hydrogens (tertiary/aromatic N) is 2. The Bertz CT molecular complexity index is 653. The fourth-order valence-electron chi connectivity index (χ4n) is 2.84. The van der Waals surface area contributed by atoms with Crippen LogP contribution < -0.4 is 4.74 Å². The third-order valence-corrected chi connectivity index (χ3v) is 3.78. The molecule has 0 aliphatic carbocycles. The summed E-state index contributed by atoms with van der Waals surface area (Å²) in [5.41, 5.74) is 0.800. The Kier molecular flexibility index (Phi) is 4.76. The molecule has 120 valence electrons. The Balaban J connectivity index is 2.36. The van der Waals surface area contributed by atoms with Crippen LogP contribution in [0.4, 0.5) is 0 Å². The van der Waals surface area contributed by atoms with Gasteiger partial charge in [-0.2, -0.15) is 0 Å². The average molecular weight is 304 g/mol. The number of aliphatic hydroxyl groups is 1. The van der Waals surface area contributed by atoms with Gasteiger partial charge in [-0.15, -0.1) is 0 Å². The number of benzene rings is 1. The molecular formula is C17H24N2O3. The van der Waals surface area contributed by atoms with E-state index in [0.29, 0.717) is 0 Å². The number of aromatic nitrogens is 1. The van der Waals surface area contributed by atoms with Crippen LogP contribution in [0, 0.1) is 0 Å². The van der Waals surface area contributed by atoms with Gasteiger partial charge in [0.25, 0.3) is 5.91 Å². The van der Waals surface area contributed by atoms with E-state index < -0.39 is 6.23 Å². The molecule has 1 unspecified atom stereocenters. The summed E-state index contributed by atoms with van der Waals surface area (Å²) in [6.07, 6.45) is 0.501. The Morgan fingerprint density at radius 1 is 1.18 bits per heavy atom. The SMILES string of the molecule is COc1ccc2c(ccn2C(O)C(=O)N(C(C)C)C(C)C)c1. The van der Waals surface area contributed by atoms with E-state index in [0.717, 1.165) is 16.7 Å². The van der Waals surface area contributed by atoms with Crippen LogP contribution in [0.2, 0.25) is 0 Å². The Morgan fingerprint density at radius 2 is 1.82 bits per heavy atom. The van der Waals surface area contributed by atoms with Crippen molar-refractivity contribution in [1.82, 2.24) is 9.47 Å². The lowest BCUT2D eigenvalue weighted by molar-refractivity contribution is -0.148. The molecule has 1 aromatic heterocycles. The van der Waals surface area contributed by atoms with Crippen molar-refractivity contribution in [3.63, 3.8) is 0 Å². The summed E-state index contributed by atoms with van der Waals surface area (Å²) in [5, 5.41) is 11.4. The number of amides is 1. The maximum absolute atomic E-state index is 12.6. The van der Waals surface area contributed by atoms with Gasteiger partial charge in [0.15, 0.2) is 0 Å². The minimum atomic E-state index is -1.23. The van der Waals surface area contributed by atoms with Gasteiger partial charge in [-0.3, -0.25) is 4.79 Å². The van der Waals surface area contributed by atoms with Crippen LogP contribution in [0.1, 0.15) is 33.9 Å². The Hall–Kier alpha value is -2.01. The number of hydrogen-bond acceptors (Lipinski definition) is 3. The maximum Gasteiger partial charge on any atom is 0.273 e. The second kappa shape index (κ2) is 6.40. The van der Waals surface area contributed by atoms with Crippen LogP contribution in [-0.4, -0.2) is 39.7 Å². The van der Waals surface area contributed by atoms with Gasteiger partial charge in [0.2, 0.25) is 6.23 Å². The molecule has 0 aliphatic rings. The van der Waals surface area contributed by atoms with Crippen molar-refractivity contribution in [2.75, 3.05) is 7.11 Å². The van der Waals surface area contributed by atoms with E-state index in [1.54, 1.807) is 22.8 Å². The van der Waals surface area contributed by atoms with E-state index >= 15 is 0 Å². The Morgan fingerprint density at radius 3 is 2.36 bits per heavy atom. The van der Waals surface area contributed by atoms with Crippen molar-refractivity contribution in [3.05, 3.63) is 30.5 Å². The normalized spacial score (nSPS) is 12.9. The van der Waals surface area contributed by atoms with Crippen LogP contribution in [0.15, 0.2) is 30.5 Å². The molecule has 5 heteroatoms. The van der Waals surface area contributed by atoms with E-state index in [4.69, 9.17) is 4.74 Å². The molecule has 1 amide bonds. The molecule has 5 nitrogen and oxygen atoms in total. The summed E-state index contributed by atoms with van der Waals surface area (Å²) < 4.78 is 6.79. The van der Waals surface area contributed by atoms with Crippen molar-refractivity contribution in [2.24, 2.45) is 0 Å². The lowest BCUT2D eigenvalue weighted by atomic mass is 10.2. The molecule has 1 atom stereocenters. The highest BCUT2D eigenvalue weighted by Crippen LogP contribution is 2.25. The number of carbonyl (C=O) groups is 1. The minimum absolute atomic E-state index is 0.0315. The molecule has 0 bridgehead atoms. The molecule has 0 radical (unpaired) electrons.